The second-order valence-electron chi connectivity index (χ2n) is 5.34. The third-order valence-corrected chi connectivity index (χ3v) is 4.83. The first kappa shape index (κ1) is 16.7. The first-order chi connectivity index (χ1) is 11.7. The van der Waals surface area contributed by atoms with E-state index in [2.05, 4.69) is 26.6 Å². The molecule has 0 aliphatic carbocycles. The molecule has 1 saturated heterocycles. The number of non-ortho nitro benzene ring substituents is 1. The lowest BCUT2D eigenvalue weighted by atomic mass is 10.2. The molecule has 0 N–H and O–H groups in total. The van der Waals surface area contributed by atoms with E-state index in [0.717, 1.165) is 36.3 Å². The Morgan fingerprint density at radius 3 is 2.83 bits per heavy atom. The van der Waals surface area contributed by atoms with Crippen molar-refractivity contribution in [2.24, 2.45) is 0 Å². The van der Waals surface area contributed by atoms with Crippen molar-refractivity contribution in [2.45, 2.75) is 24.4 Å². The summed E-state index contributed by atoms with van der Waals surface area (Å²) in [5, 5.41) is 20.3. The topological polar surface area (TPSA) is 86.3 Å². The molecule has 1 fully saturated rings. The van der Waals surface area contributed by atoms with E-state index < -0.39 is 0 Å². The number of thioether (sulfide) groups is 1. The highest BCUT2D eigenvalue weighted by molar-refractivity contribution is 7.98. The van der Waals surface area contributed by atoms with Crippen LogP contribution >= 0.6 is 11.8 Å². The summed E-state index contributed by atoms with van der Waals surface area (Å²) in [6.45, 7) is 5.86. The second-order valence-corrected chi connectivity index (χ2v) is 6.28. The molecule has 9 heteroatoms. The largest absolute Gasteiger partial charge is 0.378 e. The fraction of sp³-hybridized carbons (Fsp3) is 0.467. The summed E-state index contributed by atoms with van der Waals surface area (Å²) in [4.78, 5) is 12.7. The molecule has 24 heavy (non-hydrogen) atoms. The summed E-state index contributed by atoms with van der Waals surface area (Å²) in [7, 11) is 0. The fourth-order valence-electron chi connectivity index (χ4n) is 2.57. The number of nitro benzene ring substituents is 1. The summed E-state index contributed by atoms with van der Waals surface area (Å²) in [6.07, 6.45) is 0. The van der Waals surface area contributed by atoms with Crippen LogP contribution in [0.1, 0.15) is 12.5 Å². The molecule has 1 aromatic carbocycles. The van der Waals surface area contributed by atoms with Crippen molar-refractivity contribution >= 4 is 23.4 Å². The molecule has 0 bridgehead atoms. The molecule has 0 saturated carbocycles. The third-order valence-electron chi connectivity index (χ3n) is 3.80. The van der Waals surface area contributed by atoms with Gasteiger partial charge in [-0.05, 0) is 12.5 Å². The van der Waals surface area contributed by atoms with Gasteiger partial charge < -0.3 is 9.64 Å². The van der Waals surface area contributed by atoms with Crippen molar-refractivity contribution in [3.05, 3.63) is 39.9 Å². The number of aromatic nitrogens is 3. The van der Waals surface area contributed by atoms with Crippen molar-refractivity contribution < 1.29 is 9.66 Å². The summed E-state index contributed by atoms with van der Waals surface area (Å²) < 4.78 is 7.45. The molecule has 8 nitrogen and oxygen atoms in total. The zero-order valence-electron chi connectivity index (χ0n) is 13.4. The van der Waals surface area contributed by atoms with Crippen LogP contribution in [0.15, 0.2) is 29.4 Å². The van der Waals surface area contributed by atoms with Crippen molar-refractivity contribution in [3.63, 3.8) is 0 Å². The van der Waals surface area contributed by atoms with Crippen LogP contribution in [-0.4, -0.2) is 46.0 Å². The van der Waals surface area contributed by atoms with Crippen LogP contribution in [0.5, 0.6) is 0 Å². The van der Waals surface area contributed by atoms with Gasteiger partial charge in [0.2, 0.25) is 5.95 Å². The van der Waals surface area contributed by atoms with E-state index >= 15 is 0 Å². The maximum Gasteiger partial charge on any atom is 0.269 e. The van der Waals surface area contributed by atoms with E-state index in [1.54, 1.807) is 12.1 Å². The average molecular weight is 349 g/mol. The molecule has 1 aliphatic rings. The van der Waals surface area contributed by atoms with Crippen molar-refractivity contribution in [3.8, 4) is 0 Å². The number of nitrogens with zero attached hydrogens (tertiary/aromatic N) is 5. The molecule has 128 valence electrons. The third kappa shape index (κ3) is 3.68. The Balaban J connectivity index is 1.72. The number of hydrogen-bond acceptors (Lipinski definition) is 7. The number of nitro groups is 1. The van der Waals surface area contributed by atoms with Gasteiger partial charge in [0.15, 0.2) is 5.16 Å². The van der Waals surface area contributed by atoms with Crippen LogP contribution in [0.4, 0.5) is 11.6 Å². The lowest BCUT2D eigenvalue weighted by Gasteiger charge is -2.27. The molecular formula is C15H19N5O3S. The van der Waals surface area contributed by atoms with E-state index in [9.17, 15) is 10.1 Å². The van der Waals surface area contributed by atoms with Crippen LogP contribution in [0.2, 0.25) is 0 Å². The highest BCUT2D eigenvalue weighted by Gasteiger charge is 2.19. The van der Waals surface area contributed by atoms with Gasteiger partial charge in [-0.15, -0.1) is 10.2 Å². The summed E-state index contributed by atoms with van der Waals surface area (Å²) in [6, 6.07) is 6.69. The van der Waals surface area contributed by atoms with Crippen molar-refractivity contribution in [1.29, 1.82) is 0 Å². The van der Waals surface area contributed by atoms with Gasteiger partial charge in [-0.2, -0.15) is 0 Å². The lowest BCUT2D eigenvalue weighted by molar-refractivity contribution is -0.384. The molecule has 0 spiro atoms. The molecule has 0 radical (unpaired) electrons. The number of hydrogen-bond donors (Lipinski definition) is 0. The normalized spacial score (nSPS) is 14.8. The number of rotatable bonds is 6. The van der Waals surface area contributed by atoms with Crippen molar-refractivity contribution in [1.82, 2.24) is 14.8 Å². The molecular weight excluding hydrogens is 330 g/mol. The van der Waals surface area contributed by atoms with Crippen LogP contribution < -0.4 is 4.90 Å². The maximum atomic E-state index is 10.9. The Morgan fingerprint density at radius 1 is 1.33 bits per heavy atom. The summed E-state index contributed by atoms with van der Waals surface area (Å²) in [5.41, 5.74) is 1.01. The van der Waals surface area contributed by atoms with Gasteiger partial charge in [0, 0.05) is 37.5 Å². The predicted molar refractivity (Wildman–Crippen MR) is 91.4 cm³/mol. The molecule has 1 aliphatic heterocycles. The van der Waals surface area contributed by atoms with E-state index in [0.29, 0.717) is 19.0 Å². The van der Waals surface area contributed by atoms with Gasteiger partial charge in [-0.25, -0.2) is 0 Å². The molecule has 0 unspecified atom stereocenters. The highest BCUT2D eigenvalue weighted by Crippen LogP contribution is 2.26. The van der Waals surface area contributed by atoms with E-state index in [-0.39, 0.29) is 10.6 Å². The Morgan fingerprint density at radius 2 is 2.12 bits per heavy atom. The monoisotopic (exact) mass is 349 g/mol. The van der Waals surface area contributed by atoms with E-state index in [4.69, 9.17) is 4.74 Å². The minimum atomic E-state index is -0.376. The van der Waals surface area contributed by atoms with Gasteiger partial charge >= 0.3 is 0 Å². The molecule has 1 aromatic heterocycles. The van der Waals surface area contributed by atoms with Gasteiger partial charge in [0.1, 0.15) is 0 Å². The van der Waals surface area contributed by atoms with E-state index in [1.165, 1.54) is 17.8 Å². The Hall–Kier alpha value is -2.13. The average Bonchev–Trinajstić information content (AvgIpc) is 3.04. The molecule has 0 amide bonds. The summed E-state index contributed by atoms with van der Waals surface area (Å²) >= 11 is 1.54. The molecule has 3 rings (SSSR count). The number of ether oxygens (including phenoxy) is 1. The SMILES string of the molecule is CCn1c(SCc2cccc([N+](=O)[O-])c2)nnc1N1CCOCC1. The zero-order valence-corrected chi connectivity index (χ0v) is 14.2. The molecule has 2 heterocycles. The zero-order chi connectivity index (χ0) is 16.9. The van der Waals surface area contributed by atoms with E-state index in [1.807, 2.05) is 6.07 Å². The Labute approximate surface area is 144 Å². The van der Waals surface area contributed by atoms with Crippen molar-refractivity contribution in [2.75, 3.05) is 31.2 Å². The lowest BCUT2D eigenvalue weighted by Crippen LogP contribution is -2.38. The first-order valence-corrected chi connectivity index (χ1v) is 8.79. The molecule has 2 aromatic rings. The predicted octanol–water partition coefficient (Wildman–Crippen LogP) is 2.34. The smallest absolute Gasteiger partial charge is 0.269 e. The quantitative estimate of drug-likeness (QED) is 0.449. The van der Waals surface area contributed by atoms with Crippen LogP contribution in [0, 0.1) is 10.1 Å². The Kier molecular flexibility index (Phi) is 5.31. The van der Waals surface area contributed by atoms with Crippen LogP contribution in [-0.2, 0) is 17.0 Å². The standard InChI is InChI=1S/C15H19N5O3S/c1-2-19-14(18-6-8-23-9-7-18)16-17-15(19)24-11-12-4-3-5-13(10-12)20(21)22/h3-5,10H,2,6-9,11H2,1H3. The minimum absolute atomic E-state index is 0.110. The number of benzene rings is 1. The van der Waals surface area contributed by atoms with Gasteiger partial charge in [0.05, 0.1) is 18.1 Å². The maximum absolute atomic E-state index is 10.9. The minimum Gasteiger partial charge on any atom is -0.378 e. The second kappa shape index (κ2) is 7.63. The van der Waals surface area contributed by atoms with Crippen LogP contribution in [0.25, 0.3) is 0 Å². The number of morpholine rings is 1. The van der Waals surface area contributed by atoms with Gasteiger partial charge in [-0.3, -0.25) is 14.7 Å². The first-order valence-electron chi connectivity index (χ1n) is 7.81. The van der Waals surface area contributed by atoms with Gasteiger partial charge in [-0.1, -0.05) is 23.9 Å². The number of anilines is 1. The van der Waals surface area contributed by atoms with Gasteiger partial charge in [0.25, 0.3) is 5.69 Å². The highest BCUT2D eigenvalue weighted by atomic mass is 32.2. The Bertz CT molecular complexity index is 715. The summed E-state index contributed by atoms with van der Waals surface area (Å²) in [5.74, 6) is 1.48. The fourth-order valence-corrected chi connectivity index (χ4v) is 3.51. The van der Waals surface area contributed by atoms with Crippen LogP contribution in [0.3, 0.4) is 0 Å². The molecule has 0 atom stereocenters.